The molecule has 0 aliphatic carbocycles. The highest BCUT2D eigenvalue weighted by Gasteiger charge is 2.24. The van der Waals surface area contributed by atoms with Gasteiger partial charge in [-0.2, -0.15) is 0 Å². The molecule has 2 rings (SSSR count). The molecule has 0 saturated heterocycles. The molecule has 0 aromatic heterocycles. The van der Waals surface area contributed by atoms with E-state index in [0.717, 1.165) is 5.56 Å². The normalized spacial score (nSPS) is 13.3. The first-order valence-electron chi connectivity index (χ1n) is 8.70. The zero-order chi connectivity index (χ0) is 20.5. The Kier molecular flexibility index (Phi) is 8.13. The summed E-state index contributed by atoms with van der Waals surface area (Å²) in [5, 5.41) is 30.1. The maximum Gasteiger partial charge on any atom is 0.161 e. The fourth-order valence-electron chi connectivity index (χ4n) is 2.62. The van der Waals surface area contributed by atoms with Crippen LogP contribution < -0.4 is 14.2 Å². The lowest BCUT2D eigenvalue weighted by Gasteiger charge is -2.24. The Balaban J connectivity index is 2.21. The molecule has 0 aliphatic heterocycles. The van der Waals surface area contributed by atoms with E-state index in [1.54, 1.807) is 19.2 Å². The molecule has 7 nitrogen and oxygen atoms in total. The third-order valence-electron chi connectivity index (χ3n) is 4.12. The van der Waals surface area contributed by atoms with E-state index in [2.05, 4.69) is 0 Å². The van der Waals surface area contributed by atoms with Crippen molar-refractivity contribution in [3.05, 3.63) is 53.6 Å². The van der Waals surface area contributed by atoms with Gasteiger partial charge >= 0.3 is 0 Å². The SMILES string of the molecule is COC/C=C/c1ccc(O[C@H](CO)[C@@H](O)c2ccc(O)c(OC)c2)c(OC)c1. The molecule has 28 heavy (non-hydrogen) atoms. The number of benzene rings is 2. The zero-order valence-electron chi connectivity index (χ0n) is 16.2. The minimum Gasteiger partial charge on any atom is -0.504 e. The monoisotopic (exact) mass is 390 g/mol. The lowest BCUT2D eigenvalue weighted by atomic mass is 10.0. The molecule has 152 valence electrons. The molecule has 0 amide bonds. The summed E-state index contributed by atoms with van der Waals surface area (Å²) >= 11 is 0. The predicted molar refractivity (Wildman–Crippen MR) is 105 cm³/mol. The van der Waals surface area contributed by atoms with Crippen molar-refractivity contribution in [2.24, 2.45) is 0 Å². The summed E-state index contributed by atoms with van der Waals surface area (Å²) in [5.41, 5.74) is 1.33. The minimum atomic E-state index is -1.15. The van der Waals surface area contributed by atoms with Crippen molar-refractivity contribution < 1.29 is 34.3 Å². The van der Waals surface area contributed by atoms with Crippen LogP contribution in [0.15, 0.2) is 42.5 Å². The molecule has 2 atom stereocenters. The number of aliphatic hydroxyl groups excluding tert-OH is 2. The van der Waals surface area contributed by atoms with Crippen LogP contribution in [0.2, 0.25) is 0 Å². The molecule has 0 saturated carbocycles. The smallest absolute Gasteiger partial charge is 0.161 e. The molecule has 7 heteroatoms. The van der Waals surface area contributed by atoms with Gasteiger partial charge in [0, 0.05) is 7.11 Å². The lowest BCUT2D eigenvalue weighted by molar-refractivity contribution is -0.000515. The van der Waals surface area contributed by atoms with Gasteiger partial charge in [-0.1, -0.05) is 24.3 Å². The molecule has 3 N–H and O–H groups in total. The molecule has 0 radical (unpaired) electrons. The summed E-state index contributed by atoms with van der Waals surface area (Å²) < 4.78 is 21.2. The standard InChI is InChI=1S/C21H26O7/c1-25-10-4-5-14-6-9-17(19(11-14)27-3)28-20(13-22)21(24)15-7-8-16(23)18(12-15)26-2/h4-9,11-12,20-24H,10,13H2,1-3H3/b5-4+/t20-,21+/m1/s1. The predicted octanol–water partition coefficient (Wildman–Crippen LogP) is 2.54. The Morgan fingerprint density at radius 3 is 2.36 bits per heavy atom. The second-order valence-electron chi connectivity index (χ2n) is 5.98. The Morgan fingerprint density at radius 1 is 0.964 bits per heavy atom. The molecule has 0 bridgehead atoms. The van der Waals surface area contributed by atoms with Crippen molar-refractivity contribution in [2.45, 2.75) is 12.2 Å². The second-order valence-corrected chi connectivity index (χ2v) is 5.98. The number of rotatable bonds is 10. The first-order valence-corrected chi connectivity index (χ1v) is 8.70. The van der Waals surface area contributed by atoms with Gasteiger partial charge in [0.05, 0.1) is 27.4 Å². The quantitative estimate of drug-likeness (QED) is 0.573. The third-order valence-corrected chi connectivity index (χ3v) is 4.12. The summed E-state index contributed by atoms with van der Waals surface area (Å²) in [6.07, 6.45) is 1.66. The highest BCUT2D eigenvalue weighted by Crippen LogP contribution is 2.34. The van der Waals surface area contributed by atoms with Crippen LogP contribution in [-0.4, -0.2) is 56.0 Å². The van der Waals surface area contributed by atoms with E-state index in [0.29, 0.717) is 23.7 Å². The minimum absolute atomic E-state index is 0.0429. The van der Waals surface area contributed by atoms with Gasteiger partial charge in [-0.25, -0.2) is 0 Å². The van der Waals surface area contributed by atoms with Crippen LogP contribution in [0.5, 0.6) is 23.0 Å². The van der Waals surface area contributed by atoms with E-state index < -0.39 is 18.8 Å². The zero-order valence-corrected chi connectivity index (χ0v) is 16.2. The fourth-order valence-corrected chi connectivity index (χ4v) is 2.62. The maximum atomic E-state index is 10.6. The summed E-state index contributed by atoms with van der Waals surface area (Å²) in [6, 6.07) is 9.76. The van der Waals surface area contributed by atoms with Crippen molar-refractivity contribution in [1.29, 1.82) is 0 Å². The molecule has 0 unspecified atom stereocenters. The number of aliphatic hydroxyl groups is 2. The van der Waals surface area contributed by atoms with Gasteiger partial charge in [-0.05, 0) is 35.4 Å². The number of hydrogen-bond acceptors (Lipinski definition) is 7. The molecular weight excluding hydrogens is 364 g/mol. The molecule has 2 aromatic rings. The highest BCUT2D eigenvalue weighted by atomic mass is 16.5. The van der Waals surface area contributed by atoms with Crippen molar-refractivity contribution in [1.82, 2.24) is 0 Å². The first kappa shape index (κ1) is 21.6. The second kappa shape index (κ2) is 10.6. The third kappa shape index (κ3) is 5.39. The number of ether oxygens (including phenoxy) is 4. The summed E-state index contributed by atoms with van der Waals surface area (Å²) in [5.74, 6) is 1.03. The van der Waals surface area contributed by atoms with Crippen molar-refractivity contribution in [3.8, 4) is 23.0 Å². The van der Waals surface area contributed by atoms with Crippen LogP contribution in [-0.2, 0) is 4.74 Å². The number of phenols is 1. The number of phenolic OH excluding ortho intramolecular Hbond substituents is 1. The largest absolute Gasteiger partial charge is 0.504 e. The maximum absolute atomic E-state index is 10.6. The average Bonchev–Trinajstić information content (AvgIpc) is 2.72. The molecule has 0 aliphatic rings. The van der Waals surface area contributed by atoms with Gasteiger partial charge in [0.25, 0.3) is 0 Å². The van der Waals surface area contributed by atoms with E-state index in [1.807, 2.05) is 18.2 Å². The van der Waals surface area contributed by atoms with Gasteiger partial charge in [0.15, 0.2) is 29.1 Å². The van der Waals surface area contributed by atoms with Crippen LogP contribution in [0, 0.1) is 0 Å². The van der Waals surface area contributed by atoms with Gasteiger partial charge in [-0.3, -0.25) is 0 Å². The van der Waals surface area contributed by atoms with Crippen LogP contribution in [0.1, 0.15) is 17.2 Å². The number of methoxy groups -OCH3 is 3. The summed E-state index contributed by atoms with van der Waals surface area (Å²) in [4.78, 5) is 0. The number of aromatic hydroxyl groups is 1. The average molecular weight is 390 g/mol. The summed E-state index contributed by atoms with van der Waals surface area (Å²) in [6.45, 7) is 0.0679. The van der Waals surface area contributed by atoms with Gasteiger partial charge in [0.2, 0.25) is 0 Å². The Bertz CT molecular complexity index is 788. The van der Waals surface area contributed by atoms with Crippen LogP contribution in [0.3, 0.4) is 0 Å². The highest BCUT2D eigenvalue weighted by molar-refractivity contribution is 5.56. The van der Waals surface area contributed by atoms with Crippen LogP contribution >= 0.6 is 0 Å². The van der Waals surface area contributed by atoms with E-state index in [9.17, 15) is 15.3 Å². The van der Waals surface area contributed by atoms with Gasteiger partial charge in [-0.15, -0.1) is 0 Å². The van der Waals surface area contributed by atoms with Crippen LogP contribution in [0.4, 0.5) is 0 Å². The van der Waals surface area contributed by atoms with E-state index >= 15 is 0 Å². The first-order chi connectivity index (χ1) is 13.5. The molecule has 0 heterocycles. The fraction of sp³-hybridized carbons (Fsp3) is 0.333. The van der Waals surface area contributed by atoms with Gasteiger partial charge < -0.3 is 34.3 Å². The molecule has 2 aromatic carbocycles. The van der Waals surface area contributed by atoms with Crippen molar-refractivity contribution in [2.75, 3.05) is 34.5 Å². The van der Waals surface area contributed by atoms with E-state index in [-0.39, 0.29) is 11.5 Å². The Hall–Kier alpha value is -2.74. The lowest BCUT2D eigenvalue weighted by Crippen LogP contribution is -2.29. The topological polar surface area (TPSA) is 97.6 Å². The van der Waals surface area contributed by atoms with E-state index in [1.165, 1.54) is 32.4 Å². The molecule has 0 spiro atoms. The van der Waals surface area contributed by atoms with Gasteiger partial charge in [0.1, 0.15) is 6.10 Å². The summed E-state index contributed by atoms with van der Waals surface area (Å²) in [7, 11) is 4.55. The van der Waals surface area contributed by atoms with Crippen molar-refractivity contribution in [3.63, 3.8) is 0 Å². The molecule has 0 fully saturated rings. The van der Waals surface area contributed by atoms with Crippen molar-refractivity contribution >= 4 is 6.08 Å². The van der Waals surface area contributed by atoms with Crippen LogP contribution in [0.25, 0.3) is 6.08 Å². The van der Waals surface area contributed by atoms with E-state index in [4.69, 9.17) is 18.9 Å². The Labute approximate surface area is 164 Å². The number of hydrogen-bond donors (Lipinski definition) is 3. The Morgan fingerprint density at radius 2 is 1.71 bits per heavy atom. The molecular formula is C21H26O7.